The van der Waals surface area contributed by atoms with Crippen LogP contribution in [0.4, 0.5) is 5.69 Å². The Morgan fingerprint density at radius 2 is 2.00 bits per heavy atom. The number of rotatable bonds is 5. The van der Waals surface area contributed by atoms with Crippen LogP contribution in [0.25, 0.3) is 0 Å². The number of aliphatic hydroxyl groups is 1. The number of benzene rings is 1. The minimum atomic E-state index is -3.64. The summed E-state index contributed by atoms with van der Waals surface area (Å²) in [4.78, 5) is 0.0709. The van der Waals surface area contributed by atoms with Crippen molar-refractivity contribution in [2.75, 3.05) is 11.3 Å². The van der Waals surface area contributed by atoms with Gasteiger partial charge in [0.25, 0.3) is 10.0 Å². The number of hydrogen-bond donors (Lipinski definition) is 2. The normalized spacial score (nSPS) is 11.5. The van der Waals surface area contributed by atoms with Crippen LogP contribution in [0.15, 0.2) is 41.6 Å². The van der Waals surface area contributed by atoms with E-state index in [9.17, 15) is 8.42 Å². The lowest BCUT2D eigenvalue weighted by Gasteiger charge is -2.06. The van der Waals surface area contributed by atoms with Crippen molar-refractivity contribution in [3.63, 3.8) is 0 Å². The van der Waals surface area contributed by atoms with Crippen LogP contribution < -0.4 is 4.72 Å². The van der Waals surface area contributed by atoms with Gasteiger partial charge in [0.15, 0.2) is 0 Å². The van der Waals surface area contributed by atoms with Crippen LogP contribution in [0, 0.1) is 6.92 Å². The predicted octanol–water partition coefficient (Wildman–Crippen LogP) is 0.985. The lowest BCUT2D eigenvalue weighted by atomic mass is 10.2. The molecule has 0 saturated carbocycles. The van der Waals surface area contributed by atoms with Gasteiger partial charge in [-0.3, -0.25) is 9.40 Å². The Morgan fingerprint density at radius 1 is 1.32 bits per heavy atom. The Balaban J connectivity index is 2.19. The van der Waals surface area contributed by atoms with Crippen molar-refractivity contribution in [2.24, 2.45) is 0 Å². The molecule has 2 N–H and O–H groups in total. The highest BCUT2D eigenvalue weighted by molar-refractivity contribution is 7.92. The van der Waals surface area contributed by atoms with Crippen LogP contribution in [0.3, 0.4) is 0 Å². The summed E-state index contributed by atoms with van der Waals surface area (Å²) < 4.78 is 28.0. The second-order valence-electron chi connectivity index (χ2n) is 4.13. The molecule has 0 aliphatic heterocycles. The topological polar surface area (TPSA) is 84.2 Å². The molecule has 0 aliphatic carbocycles. The fourth-order valence-corrected chi connectivity index (χ4v) is 2.55. The van der Waals surface area contributed by atoms with Gasteiger partial charge in [-0.2, -0.15) is 5.10 Å². The fraction of sp³-hybridized carbons (Fsp3) is 0.250. The van der Waals surface area contributed by atoms with E-state index in [-0.39, 0.29) is 18.0 Å². The van der Waals surface area contributed by atoms with Gasteiger partial charge in [0.2, 0.25) is 0 Å². The number of anilines is 1. The minimum Gasteiger partial charge on any atom is -0.394 e. The summed E-state index contributed by atoms with van der Waals surface area (Å²) in [7, 11) is -3.64. The van der Waals surface area contributed by atoms with E-state index in [1.807, 2.05) is 19.1 Å². The summed E-state index contributed by atoms with van der Waals surface area (Å²) in [5.41, 5.74) is 1.55. The quantitative estimate of drug-likeness (QED) is 0.856. The third-order valence-corrected chi connectivity index (χ3v) is 3.89. The van der Waals surface area contributed by atoms with E-state index < -0.39 is 10.0 Å². The highest BCUT2D eigenvalue weighted by Crippen LogP contribution is 2.15. The van der Waals surface area contributed by atoms with Crippen LogP contribution in [-0.2, 0) is 16.6 Å². The van der Waals surface area contributed by atoms with Gasteiger partial charge in [-0.15, -0.1) is 0 Å². The third-order valence-electron chi connectivity index (χ3n) is 2.55. The molecule has 1 heterocycles. The molecule has 0 radical (unpaired) electrons. The molecule has 7 heteroatoms. The van der Waals surface area contributed by atoms with Crippen molar-refractivity contribution in [3.05, 3.63) is 42.2 Å². The molecule has 0 unspecified atom stereocenters. The maximum Gasteiger partial charge on any atom is 0.265 e. The van der Waals surface area contributed by atoms with Gasteiger partial charge in [0.05, 0.1) is 19.3 Å². The zero-order valence-electron chi connectivity index (χ0n) is 10.4. The molecule has 2 rings (SSSR count). The van der Waals surface area contributed by atoms with Crippen molar-refractivity contribution in [1.82, 2.24) is 9.78 Å². The van der Waals surface area contributed by atoms with Crippen molar-refractivity contribution >= 4 is 15.7 Å². The summed E-state index contributed by atoms with van der Waals surface area (Å²) in [6.07, 6.45) is 2.64. The van der Waals surface area contributed by atoms with Gasteiger partial charge in [0, 0.05) is 11.9 Å². The Labute approximate surface area is 111 Å². The number of sulfonamides is 1. The van der Waals surface area contributed by atoms with E-state index in [2.05, 4.69) is 9.82 Å². The first-order chi connectivity index (χ1) is 9.01. The smallest absolute Gasteiger partial charge is 0.265 e. The average Bonchev–Trinajstić information content (AvgIpc) is 2.82. The molecule has 19 heavy (non-hydrogen) atoms. The Morgan fingerprint density at radius 3 is 2.63 bits per heavy atom. The number of aryl methyl sites for hydroxylation is 1. The molecule has 102 valence electrons. The van der Waals surface area contributed by atoms with Crippen molar-refractivity contribution in [2.45, 2.75) is 18.4 Å². The number of nitrogens with zero attached hydrogens (tertiary/aromatic N) is 2. The molecule has 0 aliphatic rings. The van der Waals surface area contributed by atoms with E-state index in [1.54, 1.807) is 12.1 Å². The first-order valence-electron chi connectivity index (χ1n) is 5.74. The van der Waals surface area contributed by atoms with E-state index in [1.165, 1.54) is 17.1 Å². The van der Waals surface area contributed by atoms with E-state index in [0.717, 1.165) is 5.56 Å². The van der Waals surface area contributed by atoms with Gasteiger partial charge < -0.3 is 5.11 Å². The lowest BCUT2D eigenvalue weighted by molar-refractivity contribution is 0.269. The summed E-state index contributed by atoms with van der Waals surface area (Å²) in [6.45, 7) is 2.10. The summed E-state index contributed by atoms with van der Waals surface area (Å²) in [5, 5.41) is 12.6. The number of aliphatic hydroxyl groups excluding tert-OH is 1. The fourth-order valence-electron chi connectivity index (χ4n) is 1.54. The Kier molecular flexibility index (Phi) is 3.87. The molecule has 1 aromatic carbocycles. The zero-order chi connectivity index (χ0) is 13.9. The molecule has 0 amide bonds. The van der Waals surface area contributed by atoms with Crippen LogP contribution in [0.5, 0.6) is 0 Å². The number of aromatic nitrogens is 2. The molecule has 2 aromatic rings. The summed E-state index contributed by atoms with van der Waals surface area (Å²) in [5.74, 6) is 0. The minimum absolute atomic E-state index is 0.0709. The molecule has 1 aromatic heterocycles. The Hall–Kier alpha value is -1.86. The molecular formula is C12H15N3O3S. The molecule has 0 spiro atoms. The summed E-state index contributed by atoms with van der Waals surface area (Å²) in [6, 6.07) is 7.05. The van der Waals surface area contributed by atoms with Crippen molar-refractivity contribution in [3.8, 4) is 0 Å². The van der Waals surface area contributed by atoms with Crippen LogP contribution >= 0.6 is 0 Å². The van der Waals surface area contributed by atoms with Gasteiger partial charge in [0.1, 0.15) is 4.90 Å². The number of nitrogens with one attached hydrogen (secondary N) is 1. The van der Waals surface area contributed by atoms with Gasteiger partial charge in [-0.05, 0) is 19.1 Å². The molecule has 6 nitrogen and oxygen atoms in total. The van der Waals surface area contributed by atoms with E-state index in [4.69, 9.17) is 5.11 Å². The molecular weight excluding hydrogens is 266 g/mol. The lowest BCUT2D eigenvalue weighted by Crippen LogP contribution is -2.12. The Bertz CT molecular complexity index is 647. The largest absolute Gasteiger partial charge is 0.394 e. The maximum atomic E-state index is 12.1. The third kappa shape index (κ3) is 3.33. The van der Waals surface area contributed by atoms with E-state index in [0.29, 0.717) is 5.69 Å². The first-order valence-corrected chi connectivity index (χ1v) is 7.22. The highest BCUT2D eigenvalue weighted by atomic mass is 32.2. The SMILES string of the molecule is Cc1ccc(NS(=O)(=O)c2cnn(CCO)c2)cc1. The van der Waals surface area contributed by atoms with E-state index >= 15 is 0 Å². The molecule has 0 saturated heterocycles. The first kappa shape index (κ1) is 13.6. The second-order valence-corrected chi connectivity index (χ2v) is 5.82. The second kappa shape index (κ2) is 5.41. The molecule has 0 bridgehead atoms. The average molecular weight is 281 g/mol. The monoisotopic (exact) mass is 281 g/mol. The highest BCUT2D eigenvalue weighted by Gasteiger charge is 2.16. The standard InChI is InChI=1S/C12H15N3O3S/c1-10-2-4-11(5-3-10)14-19(17,18)12-8-13-15(9-12)6-7-16/h2-5,8-9,14,16H,6-7H2,1H3. The maximum absolute atomic E-state index is 12.1. The van der Waals surface area contributed by atoms with Gasteiger partial charge in [-0.1, -0.05) is 17.7 Å². The van der Waals surface area contributed by atoms with Crippen LogP contribution in [0.1, 0.15) is 5.56 Å². The van der Waals surface area contributed by atoms with Crippen LogP contribution in [-0.4, -0.2) is 29.9 Å². The van der Waals surface area contributed by atoms with Crippen molar-refractivity contribution in [1.29, 1.82) is 0 Å². The molecule has 0 fully saturated rings. The van der Waals surface area contributed by atoms with Gasteiger partial charge in [-0.25, -0.2) is 8.42 Å². The zero-order valence-corrected chi connectivity index (χ0v) is 11.3. The van der Waals surface area contributed by atoms with Crippen LogP contribution in [0.2, 0.25) is 0 Å². The molecule has 0 atom stereocenters. The number of hydrogen-bond acceptors (Lipinski definition) is 4. The summed E-state index contributed by atoms with van der Waals surface area (Å²) >= 11 is 0. The van der Waals surface area contributed by atoms with Crippen molar-refractivity contribution < 1.29 is 13.5 Å². The predicted molar refractivity (Wildman–Crippen MR) is 71.3 cm³/mol. The van der Waals surface area contributed by atoms with Gasteiger partial charge >= 0.3 is 0 Å².